The van der Waals surface area contributed by atoms with Crippen molar-refractivity contribution in [3.8, 4) is 11.5 Å². The van der Waals surface area contributed by atoms with Crippen molar-refractivity contribution in [2.45, 2.75) is 6.04 Å². The van der Waals surface area contributed by atoms with Gasteiger partial charge in [0.1, 0.15) is 18.0 Å². The average Bonchev–Trinajstić information content (AvgIpc) is 3.23. The summed E-state index contributed by atoms with van der Waals surface area (Å²) in [5.74, 6) is 0.481. The number of fused-ring (bicyclic) bond motifs is 1. The van der Waals surface area contributed by atoms with Crippen LogP contribution in [0.4, 0.5) is 5.69 Å². The predicted octanol–water partition coefficient (Wildman–Crippen LogP) is 4.71. The minimum absolute atomic E-state index is 0.0762. The first-order valence-corrected chi connectivity index (χ1v) is 10.8. The van der Waals surface area contributed by atoms with Gasteiger partial charge in [0, 0.05) is 32.2 Å². The lowest BCUT2D eigenvalue weighted by atomic mass is 10.0. The van der Waals surface area contributed by atoms with Crippen LogP contribution in [0, 0.1) is 0 Å². The summed E-state index contributed by atoms with van der Waals surface area (Å²) in [7, 11) is 3.06. The maximum absolute atomic E-state index is 13.7. The summed E-state index contributed by atoms with van der Waals surface area (Å²) >= 11 is 5.06. The second-order valence-electron chi connectivity index (χ2n) is 6.73. The Hall–Kier alpha value is -2.84. The molecule has 1 unspecified atom stereocenters. The van der Waals surface area contributed by atoms with Crippen LogP contribution in [0.5, 0.6) is 11.5 Å². The van der Waals surface area contributed by atoms with Crippen molar-refractivity contribution in [1.82, 2.24) is 4.90 Å². The van der Waals surface area contributed by atoms with E-state index in [2.05, 4.69) is 21.2 Å². The third-order valence-electron chi connectivity index (χ3n) is 4.88. The third-order valence-corrected chi connectivity index (χ3v) is 6.30. The number of nitrogens with zero attached hydrogens (tertiary/aromatic N) is 1. The second-order valence-corrected chi connectivity index (χ2v) is 8.63. The van der Waals surface area contributed by atoms with Gasteiger partial charge < -0.3 is 19.7 Å². The Balaban J connectivity index is 1.86. The molecule has 1 aliphatic heterocycles. The predicted molar refractivity (Wildman–Crippen MR) is 120 cm³/mol. The summed E-state index contributed by atoms with van der Waals surface area (Å²) in [6.45, 7) is -0.0762. The largest absolute Gasteiger partial charge is 0.497 e. The fraction of sp³-hybridized carbons (Fsp3) is 0.182. The topological polar surface area (TPSA) is 67.9 Å². The zero-order valence-corrected chi connectivity index (χ0v) is 18.7. The van der Waals surface area contributed by atoms with Gasteiger partial charge in [0.05, 0.1) is 20.3 Å². The van der Waals surface area contributed by atoms with E-state index in [4.69, 9.17) is 9.47 Å². The molecule has 0 saturated carbocycles. The molecule has 2 heterocycles. The van der Waals surface area contributed by atoms with Crippen molar-refractivity contribution < 1.29 is 19.1 Å². The molecule has 2 amide bonds. The molecule has 1 aliphatic rings. The van der Waals surface area contributed by atoms with E-state index in [0.29, 0.717) is 22.7 Å². The summed E-state index contributed by atoms with van der Waals surface area (Å²) in [6, 6.07) is 14.2. The SMILES string of the molecule is COc1cc(OC)cc(C(=O)N2CC(=O)Nc3ccc(Br)cc3C2c2cccs2)c1. The van der Waals surface area contributed by atoms with Crippen LogP contribution in [0.15, 0.2) is 58.4 Å². The standard InChI is InChI=1S/C22H19BrN2O4S/c1-28-15-8-13(9-16(11-15)29-2)22(27)25-12-20(26)24-18-6-5-14(23)10-17(18)21(25)19-4-3-7-30-19/h3-11,21H,12H2,1-2H3,(H,24,26). The van der Waals surface area contributed by atoms with Crippen LogP contribution in [0.1, 0.15) is 26.8 Å². The first kappa shape index (κ1) is 20.4. The van der Waals surface area contributed by atoms with Crippen molar-refractivity contribution in [2.75, 3.05) is 26.1 Å². The molecule has 4 rings (SSSR count). The molecule has 8 heteroatoms. The Bertz CT molecular complexity index is 1080. The lowest BCUT2D eigenvalue weighted by molar-refractivity contribution is -0.117. The van der Waals surface area contributed by atoms with Crippen LogP contribution in [0.3, 0.4) is 0 Å². The van der Waals surface area contributed by atoms with Gasteiger partial charge in [0.15, 0.2) is 0 Å². The summed E-state index contributed by atoms with van der Waals surface area (Å²) in [5.41, 5.74) is 1.93. The molecule has 1 N–H and O–H groups in total. The number of thiophene rings is 1. The number of carbonyl (C=O) groups is 2. The van der Waals surface area contributed by atoms with Crippen LogP contribution in [0.25, 0.3) is 0 Å². The molecular formula is C22H19BrN2O4S. The monoisotopic (exact) mass is 486 g/mol. The van der Waals surface area contributed by atoms with E-state index < -0.39 is 6.04 Å². The molecule has 0 saturated heterocycles. The number of benzene rings is 2. The highest BCUT2D eigenvalue weighted by atomic mass is 79.9. The van der Waals surface area contributed by atoms with E-state index in [1.165, 1.54) is 14.2 Å². The molecular weight excluding hydrogens is 468 g/mol. The van der Waals surface area contributed by atoms with Crippen molar-refractivity contribution >= 4 is 44.8 Å². The first-order valence-electron chi connectivity index (χ1n) is 9.17. The van der Waals surface area contributed by atoms with Crippen molar-refractivity contribution in [3.63, 3.8) is 0 Å². The van der Waals surface area contributed by atoms with Crippen LogP contribution in [0.2, 0.25) is 0 Å². The van der Waals surface area contributed by atoms with Gasteiger partial charge in [-0.05, 0) is 41.8 Å². The number of carbonyl (C=O) groups excluding carboxylic acids is 2. The zero-order valence-electron chi connectivity index (χ0n) is 16.3. The quantitative estimate of drug-likeness (QED) is 0.579. The highest BCUT2D eigenvalue weighted by molar-refractivity contribution is 9.10. The molecule has 0 aliphatic carbocycles. The number of hydrogen-bond acceptors (Lipinski definition) is 5. The molecule has 154 valence electrons. The van der Waals surface area contributed by atoms with Crippen LogP contribution in [-0.4, -0.2) is 37.5 Å². The normalized spacial score (nSPS) is 15.8. The fourth-order valence-electron chi connectivity index (χ4n) is 3.52. The molecule has 3 aromatic rings. The Kier molecular flexibility index (Phi) is 5.78. The number of amides is 2. The fourth-order valence-corrected chi connectivity index (χ4v) is 4.75. The van der Waals surface area contributed by atoms with Crippen LogP contribution >= 0.6 is 27.3 Å². The number of hydrogen-bond donors (Lipinski definition) is 1. The van der Waals surface area contributed by atoms with Gasteiger partial charge in [-0.3, -0.25) is 9.59 Å². The molecule has 1 atom stereocenters. The van der Waals surface area contributed by atoms with E-state index in [1.54, 1.807) is 34.4 Å². The van der Waals surface area contributed by atoms with Crippen molar-refractivity contribution in [1.29, 1.82) is 0 Å². The van der Waals surface area contributed by atoms with Gasteiger partial charge >= 0.3 is 0 Å². The Morgan fingerprint density at radius 3 is 2.50 bits per heavy atom. The van der Waals surface area contributed by atoms with E-state index in [1.807, 2.05) is 35.7 Å². The Morgan fingerprint density at radius 2 is 1.87 bits per heavy atom. The number of methoxy groups -OCH3 is 2. The van der Waals surface area contributed by atoms with Crippen molar-refractivity contribution in [2.24, 2.45) is 0 Å². The number of halogens is 1. The molecule has 0 radical (unpaired) electrons. The van der Waals surface area contributed by atoms with Gasteiger partial charge in [-0.25, -0.2) is 0 Å². The molecule has 6 nitrogen and oxygen atoms in total. The third kappa shape index (κ3) is 3.93. The average molecular weight is 487 g/mol. The molecule has 2 aromatic carbocycles. The highest BCUT2D eigenvalue weighted by Gasteiger charge is 2.35. The molecule has 0 spiro atoms. The molecule has 30 heavy (non-hydrogen) atoms. The smallest absolute Gasteiger partial charge is 0.255 e. The van der Waals surface area contributed by atoms with Crippen molar-refractivity contribution in [3.05, 3.63) is 74.4 Å². The Morgan fingerprint density at radius 1 is 1.13 bits per heavy atom. The summed E-state index contributed by atoms with van der Waals surface area (Å²) in [4.78, 5) is 28.9. The highest BCUT2D eigenvalue weighted by Crippen LogP contribution is 2.40. The zero-order chi connectivity index (χ0) is 21.3. The summed E-state index contributed by atoms with van der Waals surface area (Å²) < 4.78 is 11.5. The molecule has 0 fully saturated rings. The minimum atomic E-state index is -0.416. The summed E-state index contributed by atoms with van der Waals surface area (Å²) in [5, 5.41) is 4.89. The van der Waals surface area contributed by atoms with Gasteiger partial charge in [0.25, 0.3) is 5.91 Å². The van der Waals surface area contributed by atoms with Crippen LogP contribution < -0.4 is 14.8 Å². The number of rotatable bonds is 4. The summed E-state index contributed by atoms with van der Waals surface area (Å²) in [6.07, 6.45) is 0. The van der Waals surface area contributed by atoms with E-state index in [0.717, 1.165) is 14.9 Å². The maximum atomic E-state index is 13.7. The lowest BCUT2D eigenvalue weighted by Gasteiger charge is -2.30. The van der Waals surface area contributed by atoms with Gasteiger partial charge in [0.2, 0.25) is 5.91 Å². The van der Waals surface area contributed by atoms with Gasteiger partial charge in [-0.1, -0.05) is 22.0 Å². The second kappa shape index (κ2) is 8.49. The molecule has 0 bridgehead atoms. The van der Waals surface area contributed by atoms with Gasteiger partial charge in [-0.2, -0.15) is 0 Å². The Labute approximate surface area is 186 Å². The number of anilines is 1. The lowest BCUT2D eigenvalue weighted by Crippen LogP contribution is -2.38. The minimum Gasteiger partial charge on any atom is -0.497 e. The maximum Gasteiger partial charge on any atom is 0.255 e. The number of nitrogens with one attached hydrogen (secondary N) is 1. The number of ether oxygens (including phenoxy) is 2. The van der Waals surface area contributed by atoms with E-state index >= 15 is 0 Å². The molecule has 1 aromatic heterocycles. The first-order chi connectivity index (χ1) is 14.5. The van der Waals surface area contributed by atoms with E-state index in [-0.39, 0.29) is 18.4 Å². The van der Waals surface area contributed by atoms with Gasteiger partial charge in [-0.15, -0.1) is 11.3 Å². The van der Waals surface area contributed by atoms with Crippen LogP contribution in [-0.2, 0) is 4.79 Å². The van der Waals surface area contributed by atoms with E-state index in [9.17, 15) is 9.59 Å².